The quantitative estimate of drug-likeness (QED) is 0.803. The number of benzene rings is 1. The van der Waals surface area contributed by atoms with Crippen molar-refractivity contribution in [2.24, 2.45) is 0 Å². The first-order valence-corrected chi connectivity index (χ1v) is 7.97. The monoisotopic (exact) mass is 276 g/mol. The van der Waals surface area contributed by atoms with Crippen molar-refractivity contribution in [1.29, 1.82) is 0 Å². The molecule has 1 fully saturated rings. The molecule has 0 amide bonds. The van der Waals surface area contributed by atoms with Crippen LogP contribution >= 0.6 is 0 Å². The third-order valence-corrected chi connectivity index (χ3v) is 4.35. The highest BCUT2D eigenvalue weighted by Gasteiger charge is 2.28. The molecule has 0 saturated heterocycles. The molecule has 2 N–H and O–H groups in total. The van der Waals surface area contributed by atoms with Gasteiger partial charge in [-0.1, -0.05) is 50.1 Å². The summed E-state index contributed by atoms with van der Waals surface area (Å²) in [6.45, 7) is 5.30. The van der Waals surface area contributed by atoms with Crippen LogP contribution in [0.25, 0.3) is 0 Å². The molecule has 0 heterocycles. The first-order chi connectivity index (χ1) is 9.85. The van der Waals surface area contributed by atoms with Crippen molar-refractivity contribution in [3.63, 3.8) is 0 Å². The largest absolute Gasteiger partial charge is 0.395 e. The van der Waals surface area contributed by atoms with E-state index in [0.717, 1.165) is 13.1 Å². The Morgan fingerprint density at radius 1 is 1.20 bits per heavy atom. The van der Waals surface area contributed by atoms with Crippen molar-refractivity contribution < 1.29 is 5.11 Å². The predicted molar refractivity (Wildman–Crippen MR) is 83.7 cm³/mol. The van der Waals surface area contributed by atoms with E-state index in [4.69, 9.17) is 5.11 Å². The minimum absolute atomic E-state index is 0.230. The number of likely N-dealkylation sites (N-methyl/N-ethyl adjacent to an activating group) is 1. The maximum absolute atomic E-state index is 9.04. The Morgan fingerprint density at radius 3 is 2.65 bits per heavy atom. The van der Waals surface area contributed by atoms with E-state index >= 15 is 0 Å². The van der Waals surface area contributed by atoms with Gasteiger partial charge in [-0.2, -0.15) is 0 Å². The Kier molecular flexibility index (Phi) is 6.51. The number of hydrogen-bond acceptors (Lipinski definition) is 3. The molecule has 0 aromatic heterocycles. The van der Waals surface area contributed by atoms with Crippen LogP contribution < -0.4 is 5.32 Å². The molecule has 3 heteroatoms. The summed E-state index contributed by atoms with van der Waals surface area (Å²) in [5.74, 6) is 0. The molecule has 0 bridgehead atoms. The first-order valence-electron chi connectivity index (χ1n) is 7.97. The van der Waals surface area contributed by atoms with Crippen LogP contribution in [0.1, 0.15) is 38.2 Å². The Balaban J connectivity index is 1.99. The molecular formula is C17H28N2O. The Morgan fingerprint density at radius 2 is 1.95 bits per heavy atom. The molecule has 1 aliphatic carbocycles. The lowest BCUT2D eigenvalue weighted by Crippen LogP contribution is -2.52. The van der Waals surface area contributed by atoms with Crippen LogP contribution in [0.15, 0.2) is 30.3 Å². The van der Waals surface area contributed by atoms with Crippen molar-refractivity contribution in [1.82, 2.24) is 10.2 Å². The normalized spacial score (nSPS) is 23.1. The van der Waals surface area contributed by atoms with Crippen molar-refractivity contribution >= 4 is 0 Å². The van der Waals surface area contributed by atoms with Gasteiger partial charge in [0.05, 0.1) is 6.61 Å². The molecule has 1 aliphatic rings. The summed E-state index contributed by atoms with van der Waals surface area (Å²) in [7, 11) is 0. The Labute approximate surface area is 123 Å². The van der Waals surface area contributed by atoms with Gasteiger partial charge < -0.3 is 10.4 Å². The van der Waals surface area contributed by atoms with Gasteiger partial charge in [0.2, 0.25) is 0 Å². The van der Waals surface area contributed by atoms with Crippen molar-refractivity contribution in [3.05, 3.63) is 35.9 Å². The molecule has 0 aliphatic heterocycles. The van der Waals surface area contributed by atoms with Gasteiger partial charge in [-0.05, 0) is 24.9 Å². The van der Waals surface area contributed by atoms with Gasteiger partial charge >= 0.3 is 0 Å². The lowest BCUT2D eigenvalue weighted by molar-refractivity contribution is 0.117. The van der Waals surface area contributed by atoms with Gasteiger partial charge in [-0.25, -0.2) is 0 Å². The molecular weight excluding hydrogens is 248 g/mol. The minimum Gasteiger partial charge on any atom is -0.395 e. The predicted octanol–water partition coefficient (Wildman–Crippen LogP) is 2.40. The highest BCUT2D eigenvalue weighted by molar-refractivity contribution is 5.14. The van der Waals surface area contributed by atoms with E-state index in [9.17, 15) is 0 Å². The molecule has 112 valence electrons. The number of hydrogen-bond donors (Lipinski definition) is 2. The molecule has 2 atom stereocenters. The van der Waals surface area contributed by atoms with E-state index < -0.39 is 0 Å². The van der Waals surface area contributed by atoms with E-state index in [2.05, 4.69) is 47.5 Å². The molecule has 1 aromatic rings. The van der Waals surface area contributed by atoms with E-state index in [0.29, 0.717) is 18.6 Å². The minimum atomic E-state index is 0.230. The zero-order valence-corrected chi connectivity index (χ0v) is 12.6. The fourth-order valence-corrected chi connectivity index (χ4v) is 3.32. The van der Waals surface area contributed by atoms with Crippen molar-refractivity contribution in [2.45, 2.75) is 51.2 Å². The Hall–Kier alpha value is -0.900. The molecule has 0 radical (unpaired) electrons. The third-order valence-electron chi connectivity index (χ3n) is 4.35. The third kappa shape index (κ3) is 4.30. The van der Waals surface area contributed by atoms with Crippen molar-refractivity contribution in [2.75, 3.05) is 19.7 Å². The Bertz CT molecular complexity index is 369. The summed E-state index contributed by atoms with van der Waals surface area (Å²) in [4.78, 5) is 2.59. The maximum Gasteiger partial charge on any atom is 0.0556 e. The molecule has 3 nitrogen and oxygen atoms in total. The number of nitrogens with zero attached hydrogens (tertiary/aromatic N) is 1. The topological polar surface area (TPSA) is 35.5 Å². The molecule has 20 heavy (non-hydrogen) atoms. The number of nitrogens with one attached hydrogen (secondary N) is 1. The zero-order valence-electron chi connectivity index (χ0n) is 12.6. The smallest absolute Gasteiger partial charge is 0.0556 e. The van der Waals surface area contributed by atoms with Crippen molar-refractivity contribution in [3.8, 4) is 0 Å². The number of aliphatic hydroxyl groups excluding tert-OH is 1. The van der Waals surface area contributed by atoms with Gasteiger partial charge in [-0.3, -0.25) is 4.90 Å². The summed E-state index contributed by atoms with van der Waals surface area (Å²) < 4.78 is 0. The summed E-state index contributed by atoms with van der Waals surface area (Å²) in [5, 5.41) is 12.6. The highest BCUT2D eigenvalue weighted by Crippen LogP contribution is 2.24. The van der Waals surface area contributed by atoms with Gasteiger partial charge in [0.15, 0.2) is 0 Å². The summed E-state index contributed by atoms with van der Waals surface area (Å²) in [6.07, 6.45) is 5.13. The highest BCUT2D eigenvalue weighted by atomic mass is 16.3. The molecule has 0 spiro atoms. The van der Waals surface area contributed by atoms with Crippen LogP contribution in [0.3, 0.4) is 0 Å². The van der Waals surface area contributed by atoms with Crippen LogP contribution in [0.4, 0.5) is 0 Å². The lowest BCUT2D eigenvalue weighted by Gasteiger charge is -2.40. The second-order valence-electron chi connectivity index (χ2n) is 5.68. The van der Waals surface area contributed by atoms with Crippen LogP contribution in [-0.4, -0.2) is 41.8 Å². The van der Waals surface area contributed by atoms with Crippen LogP contribution in [0, 0.1) is 0 Å². The van der Waals surface area contributed by atoms with Gasteiger partial charge in [0.1, 0.15) is 0 Å². The average molecular weight is 276 g/mol. The van der Waals surface area contributed by atoms with E-state index in [1.54, 1.807) is 0 Å². The number of rotatable bonds is 7. The maximum atomic E-state index is 9.04. The van der Waals surface area contributed by atoms with Crippen LogP contribution in [-0.2, 0) is 6.54 Å². The molecule has 2 rings (SSSR count). The van der Waals surface area contributed by atoms with Crippen LogP contribution in [0.5, 0.6) is 0 Å². The fraction of sp³-hybridized carbons (Fsp3) is 0.647. The van der Waals surface area contributed by atoms with Gasteiger partial charge in [0.25, 0.3) is 0 Å². The SMILES string of the molecule is CCN(Cc1ccccc1)[C@H]1CCCC[C@H]1NCCO. The van der Waals surface area contributed by atoms with Gasteiger partial charge in [-0.15, -0.1) is 0 Å². The average Bonchev–Trinajstić information content (AvgIpc) is 2.52. The lowest BCUT2D eigenvalue weighted by atomic mass is 9.88. The standard InChI is InChI=1S/C17H28N2O/c1-2-19(14-15-8-4-3-5-9-15)17-11-7-6-10-16(17)18-12-13-20/h3-5,8-9,16-18,20H,2,6-7,10-14H2,1H3/t16-,17+/m1/s1. The van der Waals surface area contributed by atoms with Gasteiger partial charge in [0, 0.05) is 25.2 Å². The second kappa shape index (κ2) is 8.40. The molecule has 0 unspecified atom stereocenters. The first kappa shape index (κ1) is 15.5. The summed E-state index contributed by atoms with van der Waals surface area (Å²) in [5.41, 5.74) is 1.39. The van der Waals surface area contributed by atoms with Crippen LogP contribution in [0.2, 0.25) is 0 Å². The van der Waals surface area contributed by atoms with E-state index in [1.165, 1.54) is 31.2 Å². The second-order valence-corrected chi connectivity index (χ2v) is 5.68. The number of aliphatic hydroxyl groups is 1. The zero-order chi connectivity index (χ0) is 14.2. The van der Waals surface area contributed by atoms with E-state index in [1.807, 2.05) is 0 Å². The summed E-state index contributed by atoms with van der Waals surface area (Å²) >= 11 is 0. The molecule has 1 saturated carbocycles. The fourth-order valence-electron chi connectivity index (χ4n) is 3.32. The van der Waals surface area contributed by atoms with E-state index in [-0.39, 0.29) is 6.61 Å². The molecule has 1 aromatic carbocycles. The summed E-state index contributed by atoms with van der Waals surface area (Å²) in [6, 6.07) is 11.9.